The summed E-state index contributed by atoms with van der Waals surface area (Å²) in [4.78, 5) is 14.2. The van der Waals surface area contributed by atoms with Gasteiger partial charge in [0.25, 0.3) is 0 Å². The van der Waals surface area contributed by atoms with Crippen molar-refractivity contribution >= 4 is 23.4 Å². The third-order valence-corrected chi connectivity index (χ3v) is 5.23. The molecule has 0 aliphatic heterocycles. The summed E-state index contributed by atoms with van der Waals surface area (Å²) in [5, 5.41) is 9.53. The van der Waals surface area contributed by atoms with Crippen molar-refractivity contribution < 1.29 is 4.79 Å². The lowest BCUT2D eigenvalue weighted by Crippen LogP contribution is -2.27. The van der Waals surface area contributed by atoms with Crippen molar-refractivity contribution in [3.05, 3.63) is 60.2 Å². The van der Waals surface area contributed by atoms with Crippen LogP contribution < -0.4 is 4.90 Å². The highest BCUT2D eigenvalue weighted by Gasteiger charge is 2.17. The molecule has 0 radical (unpaired) electrons. The number of nitrogens with zero attached hydrogens (tertiary/aromatic N) is 4. The number of hydrogen-bond donors (Lipinski definition) is 0. The Morgan fingerprint density at radius 3 is 2.59 bits per heavy atom. The molecule has 0 spiro atoms. The van der Waals surface area contributed by atoms with Crippen LogP contribution in [0.3, 0.4) is 0 Å². The second kappa shape index (κ2) is 8.86. The zero-order valence-corrected chi connectivity index (χ0v) is 16.7. The Bertz CT molecular complexity index is 908. The number of carbonyl (C=O) groups is 1. The zero-order chi connectivity index (χ0) is 19.2. The number of aryl methyl sites for hydroxylation is 1. The molecule has 140 valence electrons. The third kappa shape index (κ3) is 4.57. The second-order valence-corrected chi connectivity index (χ2v) is 7.35. The van der Waals surface area contributed by atoms with E-state index in [-0.39, 0.29) is 5.91 Å². The van der Waals surface area contributed by atoms with Gasteiger partial charge in [-0.05, 0) is 31.5 Å². The van der Waals surface area contributed by atoms with Gasteiger partial charge in [-0.1, -0.05) is 60.6 Å². The summed E-state index contributed by atoms with van der Waals surface area (Å²) in [6.07, 6.45) is 0.974. The van der Waals surface area contributed by atoms with Gasteiger partial charge < -0.3 is 9.47 Å². The number of anilines is 1. The van der Waals surface area contributed by atoms with Gasteiger partial charge in [0.15, 0.2) is 11.0 Å². The molecular formula is C21H24N4OS. The molecule has 0 atom stereocenters. The van der Waals surface area contributed by atoms with E-state index in [1.807, 2.05) is 42.5 Å². The highest BCUT2D eigenvalue weighted by atomic mass is 32.2. The van der Waals surface area contributed by atoms with E-state index in [0.29, 0.717) is 5.75 Å². The van der Waals surface area contributed by atoms with E-state index >= 15 is 0 Å². The van der Waals surface area contributed by atoms with Crippen molar-refractivity contribution in [2.24, 2.45) is 0 Å². The molecule has 0 aliphatic rings. The first kappa shape index (κ1) is 19.2. The molecule has 0 fully saturated rings. The summed E-state index contributed by atoms with van der Waals surface area (Å²) in [5.74, 6) is 1.21. The van der Waals surface area contributed by atoms with Gasteiger partial charge in [-0.3, -0.25) is 4.79 Å². The number of amides is 1. The van der Waals surface area contributed by atoms with Crippen molar-refractivity contribution in [2.45, 2.75) is 32.0 Å². The Hall–Kier alpha value is -2.60. The van der Waals surface area contributed by atoms with Crippen molar-refractivity contribution in [3.63, 3.8) is 0 Å². The van der Waals surface area contributed by atoms with E-state index in [9.17, 15) is 4.79 Å². The van der Waals surface area contributed by atoms with Gasteiger partial charge in [-0.15, -0.1) is 10.2 Å². The largest absolute Gasteiger partial charge is 0.315 e. The highest BCUT2D eigenvalue weighted by Crippen LogP contribution is 2.25. The first-order valence-electron chi connectivity index (χ1n) is 9.04. The summed E-state index contributed by atoms with van der Waals surface area (Å²) in [6, 6.07) is 17.9. The highest BCUT2D eigenvalue weighted by molar-refractivity contribution is 7.99. The molecule has 0 unspecified atom stereocenters. The lowest BCUT2D eigenvalue weighted by Gasteiger charge is -2.17. The van der Waals surface area contributed by atoms with Crippen LogP contribution in [-0.2, 0) is 11.3 Å². The Morgan fingerprint density at radius 2 is 1.89 bits per heavy atom. The molecule has 2 aromatic carbocycles. The van der Waals surface area contributed by atoms with Crippen LogP contribution in [0.25, 0.3) is 11.4 Å². The Balaban J connectivity index is 1.76. The van der Waals surface area contributed by atoms with E-state index in [0.717, 1.165) is 35.2 Å². The number of benzene rings is 2. The van der Waals surface area contributed by atoms with Crippen molar-refractivity contribution in [1.29, 1.82) is 0 Å². The number of carbonyl (C=O) groups excluding carboxylic acids is 1. The molecule has 1 aromatic heterocycles. The average molecular weight is 381 g/mol. The van der Waals surface area contributed by atoms with Crippen LogP contribution in [0.2, 0.25) is 0 Å². The molecule has 0 saturated carbocycles. The molecule has 3 rings (SSSR count). The predicted molar refractivity (Wildman–Crippen MR) is 111 cm³/mol. The molecular weight excluding hydrogens is 356 g/mol. The molecule has 1 amide bonds. The monoisotopic (exact) mass is 380 g/mol. The Labute approximate surface area is 164 Å². The smallest absolute Gasteiger partial charge is 0.237 e. The van der Waals surface area contributed by atoms with Gasteiger partial charge in [0, 0.05) is 24.8 Å². The van der Waals surface area contributed by atoms with Crippen molar-refractivity contribution in [3.8, 4) is 11.4 Å². The molecule has 1 heterocycles. The summed E-state index contributed by atoms with van der Waals surface area (Å²) >= 11 is 1.44. The maximum absolute atomic E-state index is 12.6. The van der Waals surface area contributed by atoms with Gasteiger partial charge in [0.05, 0.1) is 5.75 Å². The fraction of sp³-hybridized carbons (Fsp3) is 0.286. The molecule has 6 heteroatoms. The zero-order valence-electron chi connectivity index (χ0n) is 15.9. The van der Waals surface area contributed by atoms with Gasteiger partial charge in [-0.25, -0.2) is 0 Å². The molecule has 0 aliphatic carbocycles. The standard InChI is InChI=1S/C21H24N4OS/c1-4-13-25-20(17-10-8-9-16(2)14-17)22-23-21(25)27-15-19(26)24(3)18-11-6-5-7-12-18/h5-12,14H,4,13,15H2,1-3H3. The van der Waals surface area contributed by atoms with Crippen molar-refractivity contribution in [2.75, 3.05) is 17.7 Å². The van der Waals surface area contributed by atoms with Gasteiger partial charge >= 0.3 is 0 Å². The average Bonchev–Trinajstić information content (AvgIpc) is 3.09. The minimum absolute atomic E-state index is 0.0364. The van der Waals surface area contributed by atoms with E-state index in [2.05, 4.69) is 40.7 Å². The van der Waals surface area contributed by atoms with Crippen molar-refractivity contribution in [1.82, 2.24) is 14.8 Å². The van der Waals surface area contributed by atoms with Crippen LogP contribution >= 0.6 is 11.8 Å². The number of para-hydroxylation sites is 1. The van der Waals surface area contributed by atoms with Crippen LogP contribution in [0.4, 0.5) is 5.69 Å². The van der Waals surface area contributed by atoms with E-state index in [1.165, 1.54) is 17.3 Å². The molecule has 0 saturated heterocycles. The normalized spacial score (nSPS) is 10.8. The third-order valence-electron chi connectivity index (χ3n) is 4.28. The molecule has 0 bridgehead atoms. The maximum Gasteiger partial charge on any atom is 0.237 e. The quantitative estimate of drug-likeness (QED) is 0.570. The van der Waals surface area contributed by atoms with Crippen LogP contribution in [0, 0.1) is 6.92 Å². The van der Waals surface area contributed by atoms with E-state index in [1.54, 1.807) is 11.9 Å². The lowest BCUT2D eigenvalue weighted by atomic mass is 10.1. The van der Waals surface area contributed by atoms with Gasteiger partial charge in [0.1, 0.15) is 0 Å². The summed E-state index contributed by atoms with van der Waals surface area (Å²) in [7, 11) is 1.80. The predicted octanol–water partition coefficient (Wildman–Crippen LogP) is 4.42. The first-order chi connectivity index (χ1) is 13.1. The number of aromatic nitrogens is 3. The topological polar surface area (TPSA) is 51.0 Å². The van der Waals surface area contributed by atoms with Crippen LogP contribution in [0.1, 0.15) is 18.9 Å². The molecule has 0 N–H and O–H groups in total. The number of thioether (sulfide) groups is 1. The summed E-state index contributed by atoms with van der Waals surface area (Å²) in [6.45, 7) is 5.02. The minimum Gasteiger partial charge on any atom is -0.315 e. The molecule has 3 aromatic rings. The van der Waals surface area contributed by atoms with Gasteiger partial charge in [-0.2, -0.15) is 0 Å². The van der Waals surface area contributed by atoms with Crippen LogP contribution in [0.5, 0.6) is 0 Å². The SMILES string of the molecule is CCCn1c(SCC(=O)N(C)c2ccccc2)nnc1-c1cccc(C)c1. The summed E-state index contributed by atoms with van der Waals surface area (Å²) < 4.78 is 2.11. The van der Waals surface area contributed by atoms with Gasteiger partial charge in [0.2, 0.25) is 5.91 Å². The van der Waals surface area contributed by atoms with Crippen LogP contribution in [-0.4, -0.2) is 33.5 Å². The Kier molecular flexibility index (Phi) is 6.29. The first-order valence-corrected chi connectivity index (χ1v) is 10.0. The Morgan fingerprint density at radius 1 is 1.11 bits per heavy atom. The summed E-state index contributed by atoms with van der Waals surface area (Å²) in [5.41, 5.74) is 3.13. The van der Waals surface area contributed by atoms with Crippen LogP contribution in [0.15, 0.2) is 59.8 Å². The lowest BCUT2D eigenvalue weighted by molar-refractivity contribution is -0.115. The molecule has 27 heavy (non-hydrogen) atoms. The van der Waals surface area contributed by atoms with E-state index in [4.69, 9.17) is 0 Å². The van der Waals surface area contributed by atoms with E-state index < -0.39 is 0 Å². The fourth-order valence-electron chi connectivity index (χ4n) is 2.84. The minimum atomic E-state index is 0.0364. The maximum atomic E-state index is 12.6. The molecule has 5 nitrogen and oxygen atoms in total. The second-order valence-electron chi connectivity index (χ2n) is 6.40. The fourth-order valence-corrected chi connectivity index (χ4v) is 3.72. The number of hydrogen-bond acceptors (Lipinski definition) is 4. The number of rotatable bonds is 7.